The molecule has 1 amide bonds. The summed E-state index contributed by atoms with van der Waals surface area (Å²) in [6.45, 7) is 4.08. The van der Waals surface area contributed by atoms with Crippen LogP contribution in [0.4, 0.5) is 4.39 Å². The van der Waals surface area contributed by atoms with Gasteiger partial charge in [-0.15, -0.1) is 0 Å². The third kappa shape index (κ3) is 4.55. The first kappa shape index (κ1) is 15.5. The number of nitrogens with zero attached hydrogens (tertiary/aromatic N) is 1. The Hall–Kier alpha value is -1.91. The van der Waals surface area contributed by atoms with Crippen LogP contribution < -0.4 is 10.2 Å². The fraction of sp³-hybridized carbons (Fsp3) is 0.500. The highest BCUT2D eigenvalue weighted by Gasteiger charge is 2.23. The molecule has 1 N–H and O–H groups in total. The van der Waals surface area contributed by atoms with E-state index >= 15 is 0 Å². The molecule has 1 aliphatic rings. The molecule has 0 aliphatic heterocycles. The average Bonchev–Trinajstić information content (AvgIpc) is 2.45. The van der Waals surface area contributed by atoms with Crippen molar-refractivity contribution in [2.24, 2.45) is 16.9 Å². The molecular formula is C16H21FN2O2. The van der Waals surface area contributed by atoms with E-state index in [1.165, 1.54) is 24.6 Å². The predicted octanol–water partition coefficient (Wildman–Crippen LogP) is 3.13. The predicted molar refractivity (Wildman–Crippen MR) is 79.7 cm³/mol. The Balaban J connectivity index is 1.84. The van der Waals surface area contributed by atoms with Crippen LogP contribution in [0.5, 0.6) is 5.75 Å². The summed E-state index contributed by atoms with van der Waals surface area (Å²) in [7, 11) is 0. The summed E-state index contributed by atoms with van der Waals surface area (Å²) in [6, 6.07) is 5.71. The van der Waals surface area contributed by atoms with E-state index in [9.17, 15) is 9.18 Å². The zero-order chi connectivity index (χ0) is 15.2. The molecule has 0 saturated heterocycles. The number of hydrogen-bond donors (Lipinski definition) is 1. The quantitative estimate of drug-likeness (QED) is 0.867. The number of carbonyl (C=O) groups is 1. The van der Waals surface area contributed by atoms with E-state index in [1.54, 1.807) is 6.07 Å². The molecule has 0 unspecified atom stereocenters. The van der Waals surface area contributed by atoms with E-state index in [1.807, 2.05) is 0 Å². The molecule has 2 atom stereocenters. The summed E-state index contributed by atoms with van der Waals surface area (Å²) in [5.74, 6) is 0.406. The Bertz CT molecular complexity index is 519. The Morgan fingerprint density at radius 3 is 2.76 bits per heavy atom. The smallest absolute Gasteiger partial charge is 0.277 e. The second-order valence-corrected chi connectivity index (χ2v) is 5.55. The summed E-state index contributed by atoms with van der Waals surface area (Å²) in [5.41, 5.74) is 3.57. The van der Waals surface area contributed by atoms with Crippen molar-refractivity contribution in [3.05, 3.63) is 30.1 Å². The minimum Gasteiger partial charge on any atom is -0.484 e. The Morgan fingerprint density at radius 1 is 1.38 bits per heavy atom. The molecule has 1 aliphatic carbocycles. The number of amides is 1. The van der Waals surface area contributed by atoms with Gasteiger partial charge in [0, 0.05) is 11.8 Å². The first-order valence-corrected chi connectivity index (χ1v) is 7.31. The van der Waals surface area contributed by atoms with Gasteiger partial charge in [0.1, 0.15) is 11.6 Å². The largest absolute Gasteiger partial charge is 0.484 e. The van der Waals surface area contributed by atoms with Gasteiger partial charge in [-0.05, 0) is 36.8 Å². The van der Waals surface area contributed by atoms with E-state index in [0.717, 1.165) is 18.6 Å². The molecule has 0 radical (unpaired) electrons. The van der Waals surface area contributed by atoms with Gasteiger partial charge in [-0.2, -0.15) is 5.10 Å². The zero-order valence-electron chi connectivity index (χ0n) is 12.4. The van der Waals surface area contributed by atoms with Crippen LogP contribution in [0.2, 0.25) is 0 Å². The molecule has 0 spiro atoms. The van der Waals surface area contributed by atoms with Crippen molar-refractivity contribution in [3.63, 3.8) is 0 Å². The van der Waals surface area contributed by atoms with E-state index in [0.29, 0.717) is 17.6 Å². The number of hydrogen-bond acceptors (Lipinski definition) is 3. The Labute approximate surface area is 124 Å². The zero-order valence-corrected chi connectivity index (χ0v) is 12.4. The number of benzene rings is 1. The third-order valence-corrected chi connectivity index (χ3v) is 3.76. The van der Waals surface area contributed by atoms with Gasteiger partial charge in [0.05, 0.1) is 0 Å². The van der Waals surface area contributed by atoms with Crippen LogP contribution in [0.15, 0.2) is 29.4 Å². The summed E-state index contributed by atoms with van der Waals surface area (Å²) in [4.78, 5) is 11.7. The number of carbonyl (C=O) groups excluding carboxylic acids is 1. The van der Waals surface area contributed by atoms with Crippen LogP contribution >= 0.6 is 0 Å². The highest BCUT2D eigenvalue weighted by Crippen LogP contribution is 2.25. The van der Waals surface area contributed by atoms with Gasteiger partial charge in [0.25, 0.3) is 5.91 Å². The molecular weight excluding hydrogens is 271 g/mol. The third-order valence-electron chi connectivity index (χ3n) is 3.76. The summed E-state index contributed by atoms with van der Waals surface area (Å²) < 4.78 is 18.2. The Kier molecular flexibility index (Phi) is 5.31. The lowest BCUT2D eigenvalue weighted by molar-refractivity contribution is -0.123. The van der Waals surface area contributed by atoms with Crippen molar-refractivity contribution in [2.45, 2.75) is 33.1 Å². The summed E-state index contributed by atoms with van der Waals surface area (Å²) >= 11 is 0. The normalized spacial score (nSPS) is 23.9. The summed E-state index contributed by atoms with van der Waals surface area (Å²) in [6.07, 6.45) is 3.43. The molecule has 21 heavy (non-hydrogen) atoms. The molecule has 5 heteroatoms. The maximum absolute atomic E-state index is 13.0. The van der Waals surface area contributed by atoms with E-state index in [-0.39, 0.29) is 12.5 Å². The van der Waals surface area contributed by atoms with Gasteiger partial charge in [0.2, 0.25) is 0 Å². The lowest BCUT2D eigenvalue weighted by atomic mass is 9.81. The van der Waals surface area contributed by atoms with Crippen LogP contribution in [0.25, 0.3) is 0 Å². The first-order chi connectivity index (χ1) is 10.1. The molecule has 1 saturated carbocycles. The van der Waals surface area contributed by atoms with Crippen molar-refractivity contribution in [3.8, 4) is 5.75 Å². The van der Waals surface area contributed by atoms with E-state index in [4.69, 9.17) is 4.74 Å². The maximum atomic E-state index is 13.0. The molecule has 1 aromatic rings. The highest BCUT2D eigenvalue weighted by molar-refractivity contribution is 5.90. The highest BCUT2D eigenvalue weighted by atomic mass is 19.1. The van der Waals surface area contributed by atoms with Gasteiger partial charge in [-0.1, -0.05) is 26.3 Å². The molecule has 0 aromatic heterocycles. The number of rotatable bonds is 4. The average molecular weight is 292 g/mol. The molecule has 4 nitrogen and oxygen atoms in total. The molecule has 0 heterocycles. The first-order valence-electron chi connectivity index (χ1n) is 7.31. The fourth-order valence-electron chi connectivity index (χ4n) is 2.60. The molecule has 114 valence electrons. The SMILES string of the molecule is C[C@@H]1CCC[C@H](C)C1=NNC(=O)COc1cccc(F)c1. The second kappa shape index (κ2) is 7.20. The van der Waals surface area contributed by atoms with Crippen molar-refractivity contribution in [1.29, 1.82) is 0 Å². The number of halogens is 1. The van der Waals surface area contributed by atoms with E-state index < -0.39 is 5.82 Å². The Morgan fingerprint density at radius 2 is 2.10 bits per heavy atom. The van der Waals surface area contributed by atoms with Crippen molar-refractivity contribution >= 4 is 11.6 Å². The number of ether oxygens (including phenoxy) is 1. The minimum absolute atomic E-state index is 0.178. The molecule has 2 rings (SSSR count). The molecule has 1 fully saturated rings. The lowest BCUT2D eigenvalue weighted by Crippen LogP contribution is -2.31. The minimum atomic E-state index is -0.391. The second-order valence-electron chi connectivity index (χ2n) is 5.55. The van der Waals surface area contributed by atoms with Gasteiger partial charge < -0.3 is 4.74 Å². The van der Waals surface area contributed by atoms with Gasteiger partial charge in [-0.25, -0.2) is 9.82 Å². The van der Waals surface area contributed by atoms with Crippen LogP contribution in [-0.2, 0) is 4.79 Å². The van der Waals surface area contributed by atoms with Gasteiger partial charge in [-0.3, -0.25) is 4.79 Å². The molecule has 1 aromatic carbocycles. The topological polar surface area (TPSA) is 50.7 Å². The summed E-state index contributed by atoms with van der Waals surface area (Å²) in [5, 5.41) is 4.24. The maximum Gasteiger partial charge on any atom is 0.277 e. The van der Waals surface area contributed by atoms with E-state index in [2.05, 4.69) is 24.4 Å². The van der Waals surface area contributed by atoms with Crippen LogP contribution in [0, 0.1) is 17.7 Å². The van der Waals surface area contributed by atoms with Gasteiger partial charge in [0.15, 0.2) is 6.61 Å². The van der Waals surface area contributed by atoms with Crippen molar-refractivity contribution in [2.75, 3.05) is 6.61 Å². The fourth-order valence-corrected chi connectivity index (χ4v) is 2.60. The number of hydrazone groups is 1. The van der Waals surface area contributed by atoms with Crippen molar-refractivity contribution in [1.82, 2.24) is 5.43 Å². The van der Waals surface area contributed by atoms with Crippen LogP contribution in [0.1, 0.15) is 33.1 Å². The standard InChI is InChI=1S/C16H21FN2O2/c1-11-5-3-6-12(2)16(11)19-18-15(20)10-21-14-8-4-7-13(17)9-14/h4,7-9,11-12H,3,5-6,10H2,1-2H3,(H,18,20)/t11-,12+. The van der Waals surface area contributed by atoms with Crippen LogP contribution in [0.3, 0.4) is 0 Å². The van der Waals surface area contributed by atoms with Crippen LogP contribution in [-0.4, -0.2) is 18.2 Å². The lowest BCUT2D eigenvalue weighted by Gasteiger charge is -2.26. The van der Waals surface area contributed by atoms with Crippen molar-refractivity contribution < 1.29 is 13.9 Å². The van der Waals surface area contributed by atoms with Gasteiger partial charge >= 0.3 is 0 Å². The number of nitrogens with one attached hydrogen (secondary N) is 1. The molecule has 0 bridgehead atoms. The monoisotopic (exact) mass is 292 g/mol.